The van der Waals surface area contributed by atoms with Crippen LogP contribution in [-0.4, -0.2) is 68.2 Å². The van der Waals surface area contributed by atoms with Crippen molar-refractivity contribution >= 4 is 16.0 Å². The molecule has 2 aromatic carbocycles. The summed E-state index contributed by atoms with van der Waals surface area (Å²) in [6.07, 6.45) is -3.47. The van der Waals surface area contributed by atoms with Crippen LogP contribution in [-0.2, 0) is 21.4 Å². The summed E-state index contributed by atoms with van der Waals surface area (Å²) in [6, 6.07) is 13.7. The third-order valence-corrected chi connectivity index (χ3v) is 7.98. The van der Waals surface area contributed by atoms with E-state index in [4.69, 9.17) is 14.6 Å². The van der Waals surface area contributed by atoms with Crippen LogP contribution in [0.2, 0.25) is 0 Å². The van der Waals surface area contributed by atoms with Crippen molar-refractivity contribution in [3.63, 3.8) is 0 Å². The second-order valence-electron chi connectivity index (χ2n) is 8.67. The third-order valence-electron chi connectivity index (χ3n) is 6.14. The molecule has 2 aromatic rings. The Hall–Kier alpha value is -2.70. The molecule has 0 bridgehead atoms. The molecule has 0 aliphatic carbocycles. The number of piperidine rings is 1. The van der Waals surface area contributed by atoms with Gasteiger partial charge in [-0.1, -0.05) is 30.3 Å². The number of aliphatic carboxylic acids is 1. The summed E-state index contributed by atoms with van der Waals surface area (Å²) in [7, 11) is -1.93. The zero-order valence-electron chi connectivity index (χ0n) is 19.0. The number of benzene rings is 2. The smallest absolute Gasteiger partial charge is 0.490 e. The van der Waals surface area contributed by atoms with E-state index < -0.39 is 22.2 Å². The van der Waals surface area contributed by atoms with Crippen LogP contribution >= 0.6 is 0 Å². The summed E-state index contributed by atoms with van der Waals surface area (Å²) in [5.41, 5.74) is 0.460. The number of nitrogens with zero attached hydrogens (tertiary/aromatic N) is 2. The number of likely N-dealkylation sites (tertiary alicyclic amines) is 1. The average Bonchev–Trinajstić information content (AvgIpc) is 2.80. The molecule has 2 heterocycles. The lowest BCUT2D eigenvalue weighted by molar-refractivity contribution is -0.192. The summed E-state index contributed by atoms with van der Waals surface area (Å²) in [6.45, 7) is 3.05. The first-order valence-corrected chi connectivity index (χ1v) is 12.2. The number of sulfonamides is 1. The predicted octanol–water partition coefficient (Wildman–Crippen LogP) is 3.75. The van der Waals surface area contributed by atoms with E-state index in [1.807, 2.05) is 12.1 Å². The molecular formula is C23H26F4N2O5S. The highest BCUT2D eigenvalue weighted by Crippen LogP contribution is 2.38. The fraction of sp³-hybridized carbons (Fsp3) is 0.435. The Bertz CT molecular complexity index is 1150. The van der Waals surface area contributed by atoms with Gasteiger partial charge in [0.1, 0.15) is 16.5 Å². The molecule has 7 nitrogen and oxygen atoms in total. The van der Waals surface area contributed by atoms with Gasteiger partial charge in [0.05, 0.1) is 6.61 Å². The minimum Gasteiger partial charge on any atom is -0.492 e. The van der Waals surface area contributed by atoms with Crippen molar-refractivity contribution in [3.8, 4) is 5.75 Å². The molecule has 0 amide bonds. The van der Waals surface area contributed by atoms with Crippen LogP contribution in [0.4, 0.5) is 17.6 Å². The molecular weight excluding hydrogens is 492 g/mol. The molecule has 0 unspecified atom stereocenters. The molecule has 12 heteroatoms. The maximum Gasteiger partial charge on any atom is 0.490 e. The van der Waals surface area contributed by atoms with E-state index in [1.165, 1.54) is 10.4 Å². The van der Waals surface area contributed by atoms with Crippen LogP contribution in [0.3, 0.4) is 0 Å². The predicted molar refractivity (Wildman–Crippen MR) is 119 cm³/mol. The number of hydrogen-bond acceptors (Lipinski definition) is 5. The number of halogens is 4. The summed E-state index contributed by atoms with van der Waals surface area (Å²) < 4.78 is 79.0. The molecule has 1 N–H and O–H groups in total. The van der Waals surface area contributed by atoms with Crippen molar-refractivity contribution < 1.29 is 40.6 Å². The van der Waals surface area contributed by atoms with E-state index in [0.717, 1.165) is 25.9 Å². The van der Waals surface area contributed by atoms with Gasteiger partial charge in [0, 0.05) is 31.1 Å². The quantitative estimate of drug-likeness (QED) is 0.610. The largest absolute Gasteiger partial charge is 0.492 e. The van der Waals surface area contributed by atoms with Crippen LogP contribution in [0.25, 0.3) is 0 Å². The molecule has 2 aliphatic heterocycles. The molecule has 1 fully saturated rings. The monoisotopic (exact) mass is 518 g/mol. The van der Waals surface area contributed by atoms with Gasteiger partial charge < -0.3 is 9.84 Å². The number of para-hydroxylation sites is 1. The molecule has 192 valence electrons. The molecule has 1 saturated heterocycles. The first-order valence-electron chi connectivity index (χ1n) is 10.8. The summed E-state index contributed by atoms with van der Waals surface area (Å²) in [5.74, 6) is -2.52. The lowest BCUT2D eigenvalue weighted by Crippen LogP contribution is -2.50. The van der Waals surface area contributed by atoms with E-state index in [9.17, 15) is 26.0 Å². The van der Waals surface area contributed by atoms with Crippen molar-refractivity contribution in [2.75, 3.05) is 33.3 Å². The number of hydrogen-bond donors (Lipinski definition) is 1. The number of fused-ring (bicyclic) bond motifs is 1. The fourth-order valence-corrected chi connectivity index (χ4v) is 5.55. The van der Waals surface area contributed by atoms with Crippen LogP contribution in [0.15, 0.2) is 53.4 Å². The van der Waals surface area contributed by atoms with Gasteiger partial charge in [0.15, 0.2) is 0 Å². The number of carboxylic acids is 1. The van der Waals surface area contributed by atoms with Gasteiger partial charge in [-0.15, -0.1) is 0 Å². The standard InChI is InChI=1S/C21H25FN2O3S.C2HF3O2/c1-23-15-21(16-27-19-8-4-5-9-20(19)28(23,25)26)10-12-24(13-11-21)14-17-6-2-3-7-18(17)22;3-2(4,5)1(6)7/h2-9H,10-16H2,1H3;(H,6,7). The van der Waals surface area contributed by atoms with Crippen molar-refractivity contribution in [1.29, 1.82) is 0 Å². The summed E-state index contributed by atoms with van der Waals surface area (Å²) >= 11 is 0. The Morgan fingerprint density at radius 1 is 1.09 bits per heavy atom. The molecule has 0 aromatic heterocycles. The minimum atomic E-state index is -5.08. The topological polar surface area (TPSA) is 87.2 Å². The van der Waals surface area contributed by atoms with Crippen LogP contribution in [0, 0.1) is 11.2 Å². The van der Waals surface area contributed by atoms with Crippen LogP contribution < -0.4 is 4.74 Å². The highest BCUT2D eigenvalue weighted by atomic mass is 32.2. The molecule has 1 spiro atoms. The lowest BCUT2D eigenvalue weighted by Gasteiger charge is -2.44. The molecule has 4 rings (SSSR count). The second-order valence-corrected chi connectivity index (χ2v) is 10.7. The maximum absolute atomic E-state index is 13.9. The fourth-order valence-electron chi connectivity index (χ4n) is 4.14. The number of carboxylic acid groups (broad SMARTS) is 1. The zero-order chi connectivity index (χ0) is 25.9. The van der Waals surface area contributed by atoms with Crippen LogP contribution in [0.1, 0.15) is 18.4 Å². The first kappa shape index (κ1) is 26.9. The Morgan fingerprint density at radius 2 is 1.66 bits per heavy atom. The Labute approximate surface area is 201 Å². The molecule has 2 aliphatic rings. The number of ether oxygens (including phenoxy) is 1. The van der Waals surface area contributed by atoms with Crippen LogP contribution in [0.5, 0.6) is 5.75 Å². The minimum absolute atomic E-state index is 0.181. The highest BCUT2D eigenvalue weighted by molar-refractivity contribution is 7.89. The number of rotatable bonds is 2. The van der Waals surface area contributed by atoms with Gasteiger partial charge in [-0.25, -0.2) is 21.9 Å². The van der Waals surface area contributed by atoms with Crippen molar-refractivity contribution in [3.05, 3.63) is 59.9 Å². The van der Waals surface area contributed by atoms with E-state index in [-0.39, 0.29) is 16.1 Å². The summed E-state index contributed by atoms with van der Waals surface area (Å²) in [5, 5.41) is 7.12. The van der Waals surface area contributed by atoms with E-state index >= 15 is 0 Å². The SMILES string of the molecule is CN1CC2(CCN(Cc3ccccc3F)CC2)COc2ccccc2S1(=O)=O.O=C(O)C(F)(F)F. The number of carbonyl (C=O) groups is 1. The van der Waals surface area contributed by atoms with Gasteiger partial charge in [-0.2, -0.15) is 13.2 Å². The van der Waals surface area contributed by atoms with E-state index in [0.29, 0.717) is 31.0 Å². The molecule has 0 radical (unpaired) electrons. The second kappa shape index (κ2) is 10.5. The summed E-state index contributed by atoms with van der Waals surface area (Å²) in [4.78, 5) is 11.3. The van der Waals surface area contributed by atoms with Gasteiger partial charge >= 0.3 is 12.1 Å². The van der Waals surface area contributed by atoms with Gasteiger partial charge in [-0.05, 0) is 44.1 Å². The Kier molecular flexibility index (Phi) is 8.07. The molecule has 0 saturated carbocycles. The molecule has 35 heavy (non-hydrogen) atoms. The van der Waals surface area contributed by atoms with Gasteiger partial charge in [0.25, 0.3) is 0 Å². The Balaban J connectivity index is 0.000000429. The average molecular weight is 519 g/mol. The normalized spacial score (nSPS) is 19.9. The van der Waals surface area contributed by atoms with Crippen molar-refractivity contribution in [1.82, 2.24) is 9.21 Å². The lowest BCUT2D eigenvalue weighted by atomic mass is 9.78. The number of alkyl halides is 3. The first-order chi connectivity index (χ1) is 16.3. The van der Waals surface area contributed by atoms with E-state index in [1.54, 1.807) is 37.4 Å². The molecule has 0 atom stereocenters. The third kappa shape index (κ3) is 6.50. The Morgan fingerprint density at radius 3 is 2.26 bits per heavy atom. The highest BCUT2D eigenvalue weighted by Gasteiger charge is 2.41. The maximum atomic E-state index is 13.9. The van der Waals surface area contributed by atoms with E-state index in [2.05, 4.69) is 4.90 Å². The van der Waals surface area contributed by atoms with Gasteiger partial charge in [-0.3, -0.25) is 4.90 Å². The van der Waals surface area contributed by atoms with Crippen molar-refractivity contribution in [2.24, 2.45) is 5.41 Å². The zero-order valence-corrected chi connectivity index (χ0v) is 19.8. The van der Waals surface area contributed by atoms with Crippen molar-refractivity contribution in [2.45, 2.75) is 30.5 Å². The van der Waals surface area contributed by atoms with Gasteiger partial charge in [0.2, 0.25) is 10.0 Å².